The van der Waals surface area contributed by atoms with Crippen LogP contribution in [0.3, 0.4) is 0 Å². The molecule has 0 aliphatic heterocycles. The molecule has 0 atom stereocenters. The molecule has 23 heavy (non-hydrogen) atoms. The lowest BCUT2D eigenvalue weighted by atomic mass is 9.86. The lowest BCUT2D eigenvalue weighted by Gasteiger charge is -2.19. The summed E-state index contributed by atoms with van der Waals surface area (Å²) in [6.45, 7) is 8.42. The van der Waals surface area contributed by atoms with Gasteiger partial charge in [-0.15, -0.1) is 0 Å². The Morgan fingerprint density at radius 1 is 1.13 bits per heavy atom. The second-order valence-corrected chi connectivity index (χ2v) is 6.44. The van der Waals surface area contributed by atoms with Crippen molar-refractivity contribution >= 4 is 17.1 Å². The van der Waals surface area contributed by atoms with Crippen LogP contribution in [0, 0.1) is 10.1 Å². The van der Waals surface area contributed by atoms with E-state index in [-0.39, 0.29) is 11.1 Å². The lowest BCUT2D eigenvalue weighted by molar-refractivity contribution is -0.384. The largest absolute Gasteiger partial charge is 0.278 e. The van der Waals surface area contributed by atoms with Crippen molar-refractivity contribution in [3.05, 3.63) is 69.8 Å². The zero-order chi connectivity index (χ0) is 17.0. The molecule has 1 N–H and O–H groups in total. The van der Waals surface area contributed by atoms with Crippen LogP contribution in [0.5, 0.6) is 0 Å². The summed E-state index contributed by atoms with van der Waals surface area (Å²) in [6.07, 6.45) is 0. The molecule has 2 aromatic rings. The first-order valence-corrected chi connectivity index (χ1v) is 7.43. The Morgan fingerprint density at radius 3 is 2.35 bits per heavy atom. The molecule has 120 valence electrons. The van der Waals surface area contributed by atoms with Crippen molar-refractivity contribution in [3.8, 4) is 0 Å². The SMILES string of the molecule is C/C(=N\Nc1cccc([N+](=O)[O-])c1)c1ccc(C(C)(C)C)cc1. The molecule has 0 aliphatic carbocycles. The molecule has 0 unspecified atom stereocenters. The molecule has 2 aromatic carbocycles. The van der Waals surface area contributed by atoms with E-state index in [1.54, 1.807) is 12.1 Å². The van der Waals surface area contributed by atoms with Gasteiger partial charge >= 0.3 is 0 Å². The number of nitrogens with zero attached hydrogens (tertiary/aromatic N) is 2. The molecule has 2 rings (SSSR count). The highest BCUT2D eigenvalue weighted by molar-refractivity contribution is 5.99. The van der Waals surface area contributed by atoms with Crippen LogP contribution in [-0.2, 0) is 5.41 Å². The number of non-ortho nitro benzene ring substituents is 1. The van der Waals surface area contributed by atoms with Crippen LogP contribution < -0.4 is 5.43 Å². The summed E-state index contributed by atoms with van der Waals surface area (Å²) in [6, 6.07) is 14.6. The highest BCUT2D eigenvalue weighted by Gasteiger charge is 2.13. The van der Waals surface area contributed by atoms with E-state index in [1.807, 2.05) is 19.1 Å². The first-order chi connectivity index (χ1) is 10.8. The maximum absolute atomic E-state index is 10.8. The monoisotopic (exact) mass is 311 g/mol. The fourth-order valence-electron chi connectivity index (χ4n) is 2.11. The van der Waals surface area contributed by atoms with Gasteiger partial charge in [-0.25, -0.2) is 0 Å². The van der Waals surface area contributed by atoms with Gasteiger partial charge in [-0.2, -0.15) is 5.10 Å². The van der Waals surface area contributed by atoms with E-state index in [0.717, 1.165) is 11.3 Å². The van der Waals surface area contributed by atoms with E-state index in [1.165, 1.54) is 17.7 Å². The summed E-state index contributed by atoms with van der Waals surface area (Å²) in [7, 11) is 0. The van der Waals surface area contributed by atoms with Crippen molar-refractivity contribution < 1.29 is 4.92 Å². The summed E-state index contributed by atoms with van der Waals surface area (Å²) in [4.78, 5) is 10.3. The third-order valence-electron chi connectivity index (χ3n) is 3.58. The number of rotatable bonds is 4. The van der Waals surface area contributed by atoms with Crippen molar-refractivity contribution in [2.45, 2.75) is 33.1 Å². The van der Waals surface area contributed by atoms with Crippen LogP contribution in [0.4, 0.5) is 11.4 Å². The van der Waals surface area contributed by atoms with Gasteiger partial charge in [0.05, 0.1) is 16.3 Å². The number of hydrogen-bond donors (Lipinski definition) is 1. The first kappa shape index (κ1) is 16.7. The highest BCUT2D eigenvalue weighted by atomic mass is 16.6. The maximum Gasteiger partial charge on any atom is 0.271 e. The Labute approximate surface area is 136 Å². The zero-order valence-corrected chi connectivity index (χ0v) is 13.8. The van der Waals surface area contributed by atoms with Gasteiger partial charge in [0.15, 0.2) is 0 Å². The quantitative estimate of drug-likeness (QED) is 0.504. The molecule has 0 bridgehead atoms. The second kappa shape index (κ2) is 6.60. The van der Waals surface area contributed by atoms with Crippen LogP contribution in [-0.4, -0.2) is 10.6 Å². The minimum absolute atomic E-state index is 0.0392. The van der Waals surface area contributed by atoms with E-state index in [9.17, 15) is 10.1 Å². The molecule has 0 aliphatic rings. The van der Waals surface area contributed by atoms with E-state index in [4.69, 9.17) is 0 Å². The summed E-state index contributed by atoms with van der Waals surface area (Å²) < 4.78 is 0. The van der Waals surface area contributed by atoms with Gasteiger partial charge in [-0.05, 0) is 29.5 Å². The Hall–Kier alpha value is -2.69. The Bertz CT molecular complexity index is 729. The van der Waals surface area contributed by atoms with Crippen molar-refractivity contribution in [2.24, 2.45) is 5.10 Å². The normalized spacial score (nSPS) is 12.1. The molecule has 0 saturated heterocycles. The van der Waals surface area contributed by atoms with Crippen molar-refractivity contribution in [3.63, 3.8) is 0 Å². The van der Waals surface area contributed by atoms with Gasteiger partial charge in [0.1, 0.15) is 0 Å². The maximum atomic E-state index is 10.8. The minimum Gasteiger partial charge on any atom is -0.278 e. The van der Waals surface area contributed by atoms with Gasteiger partial charge in [-0.1, -0.05) is 51.1 Å². The van der Waals surface area contributed by atoms with Crippen LogP contribution >= 0.6 is 0 Å². The van der Waals surface area contributed by atoms with Gasteiger partial charge in [0.2, 0.25) is 0 Å². The number of nitrogens with one attached hydrogen (secondary N) is 1. The number of nitro benzene ring substituents is 1. The molecule has 0 spiro atoms. The number of nitro groups is 1. The summed E-state index contributed by atoms with van der Waals surface area (Å²) in [5, 5.41) is 15.1. The topological polar surface area (TPSA) is 67.5 Å². The van der Waals surface area contributed by atoms with Crippen LogP contribution in [0.25, 0.3) is 0 Å². The average molecular weight is 311 g/mol. The van der Waals surface area contributed by atoms with Crippen molar-refractivity contribution in [1.29, 1.82) is 0 Å². The average Bonchev–Trinajstić information content (AvgIpc) is 2.52. The van der Waals surface area contributed by atoms with Gasteiger partial charge < -0.3 is 0 Å². The molecule has 0 heterocycles. The molecule has 0 radical (unpaired) electrons. The van der Waals surface area contributed by atoms with Gasteiger partial charge in [0, 0.05) is 12.1 Å². The predicted molar refractivity (Wildman–Crippen MR) is 94.1 cm³/mol. The Kier molecular flexibility index (Phi) is 4.79. The predicted octanol–water partition coefficient (Wildman–Crippen LogP) is 4.73. The molecule has 0 amide bonds. The summed E-state index contributed by atoms with van der Waals surface area (Å²) in [5.74, 6) is 0. The Morgan fingerprint density at radius 2 is 1.78 bits per heavy atom. The third kappa shape index (κ3) is 4.39. The third-order valence-corrected chi connectivity index (χ3v) is 3.58. The van der Waals surface area contributed by atoms with Gasteiger partial charge in [0.25, 0.3) is 5.69 Å². The van der Waals surface area contributed by atoms with Crippen molar-refractivity contribution in [2.75, 3.05) is 5.43 Å². The molecule has 0 aromatic heterocycles. The number of benzene rings is 2. The van der Waals surface area contributed by atoms with Crippen LogP contribution in [0.15, 0.2) is 53.6 Å². The second-order valence-electron chi connectivity index (χ2n) is 6.44. The molecule has 0 fully saturated rings. The molecule has 5 heteroatoms. The number of hydrogen-bond acceptors (Lipinski definition) is 4. The van der Waals surface area contributed by atoms with E-state index in [2.05, 4.69) is 43.4 Å². The van der Waals surface area contributed by atoms with E-state index < -0.39 is 4.92 Å². The molecular formula is C18H21N3O2. The zero-order valence-electron chi connectivity index (χ0n) is 13.8. The van der Waals surface area contributed by atoms with Gasteiger partial charge in [-0.3, -0.25) is 15.5 Å². The Balaban J connectivity index is 2.14. The number of anilines is 1. The highest BCUT2D eigenvalue weighted by Crippen LogP contribution is 2.22. The smallest absolute Gasteiger partial charge is 0.271 e. The fraction of sp³-hybridized carbons (Fsp3) is 0.278. The standard InChI is InChI=1S/C18H21N3O2/c1-13(14-8-10-15(11-9-14)18(2,3)4)19-20-16-6-5-7-17(12-16)21(22)23/h5-12,20H,1-4H3/b19-13+. The van der Waals surface area contributed by atoms with E-state index in [0.29, 0.717) is 5.69 Å². The van der Waals surface area contributed by atoms with Crippen LogP contribution in [0.1, 0.15) is 38.8 Å². The summed E-state index contributed by atoms with van der Waals surface area (Å²) >= 11 is 0. The van der Waals surface area contributed by atoms with E-state index >= 15 is 0 Å². The minimum atomic E-state index is -0.424. The molecule has 0 saturated carbocycles. The summed E-state index contributed by atoms with van der Waals surface area (Å²) in [5.41, 5.74) is 6.70. The van der Waals surface area contributed by atoms with Crippen LogP contribution in [0.2, 0.25) is 0 Å². The molecule has 5 nitrogen and oxygen atoms in total. The first-order valence-electron chi connectivity index (χ1n) is 7.43. The lowest BCUT2D eigenvalue weighted by Crippen LogP contribution is -2.11. The molecular weight excluding hydrogens is 290 g/mol. The van der Waals surface area contributed by atoms with Crippen molar-refractivity contribution in [1.82, 2.24) is 0 Å². The number of hydrazone groups is 1. The fourth-order valence-corrected chi connectivity index (χ4v) is 2.11.